The van der Waals surface area contributed by atoms with Crippen molar-refractivity contribution in [3.63, 3.8) is 0 Å². The van der Waals surface area contributed by atoms with Gasteiger partial charge in [0.15, 0.2) is 0 Å². The van der Waals surface area contributed by atoms with E-state index >= 15 is 0 Å². The zero-order chi connectivity index (χ0) is 13.9. The van der Waals surface area contributed by atoms with Crippen LogP contribution in [-0.2, 0) is 28.9 Å². The Hall–Kier alpha value is -1.36. The molecule has 2 rings (SSSR count). The molecule has 0 saturated carbocycles. The van der Waals surface area contributed by atoms with Crippen LogP contribution >= 0.6 is 0 Å². The number of rotatable bonds is 5. The van der Waals surface area contributed by atoms with Crippen molar-refractivity contribution in [2.24, 2.45) is 5.73 Å². The molecule has 1 aromatic heterocycles. The molecular weight excluding hydrogens is 242 g/mol. The SMILES string of the molecule is CCOC(=O)C(C)(N)CCn1cnc2c1CCCC2. The quantitative estimate of drug-likeness (QED) is 0.818. The summed E-state index contributed by atoms with van der Waals surface area (Å²) in [4.78, 5) is 16.2. The largest absolute Gasteiger partial charge is 0.465 e. The number of nitrogens with two attached hydrogens (primary N) is 1. The molecule has 1 aromatic rings. The summed E-state index contributed by atoms with van der Waals surface area (Å²) in [7, 11) is 0. The Morgan fingerprint density at radius 3 is 3.00 bits per heavy atom. The highest BCUT2D eigenvalue weighted by molar-refractivity contribution is 5.79. The van der Waals surface area contributed by atoms with Gasteiger partial charge in [-0.05, 0) is 46.0 Å². The normalized spacial score (nSPS) is 17.6. The number of imidazole rings is 1. The number of carbonyl (C=O) groups is 1. The molecule has 1 aliphatic rings. The molecule has 5 nitrogen and oxygen atoms in total. The van der Waals surface area contributed by atoms with Crippen molar-refractivity contribution in [1.29, 1.82) is 0 Å². The Labute approximate surface area is 114 Å². The van der Waals surface area contributed by atoms with Gasteiger partial charge in [-0.3, -0.25) is 4.79 Å². The van der Waals surface area contributed by atoms with Gasteiger partial charge in [0, 0.05) is 12.2 Å². The molecule has 0 radical (unpaired) electrons. The molecule has 19 heavy (non-hydrogen) atoms. The van der Waals surface area contributed by atoms with Gasteiger partial charge < -0.3 is 15.0 Å². The molecule has 2 N–H and O–H groups in total. The summed E-state index contributed by atoms with van der Waals surface area (Å²) >= 11 is 0. The molecule has 1 unspecified atom stereocenters. The van der Waals surface area contributed by atoms with E-state index in [1.807, 2.05) is 6.33 Å². The summed E-state index contributed by atoms with van der Waals surface area (Å²) in [6.07, 6.45) is 7.03. The van der Waals surface area contributed by atoms with Crippen molar-refractivity contribution in [1.82, 2.24) is 9.55 Å². The number of hydrogen-bond acceptors (Lipinski definition) is 4. The third kappa shape index (κ3) is 3.15. The first-order valence-corrected chi connectivity index (χ1v) is 7.03. The highest BCUT2D eigenvalue weighted by Crippen LogP contribution is 2.21. The lowest BCUT2D eigenvalue weighted by molar-refractivity contribution is -0.149. The van der Waals surface area contributed by atoms with E-state index in [1.165, 1.54) is 24.2 Å². The third-order valence-corrected chi connectivity index (χ3v) is 3.72. The average molecular weight is 265 g/mol. The molecule has 0 saturated heterocycles. The van der Waals surface area contributed by atoms with E-state index in [1.54, 1.807) is 13.8 Å². The van der Waals surface area contributed by atoms with Crippen molar-refractivity contribution >= 4 is 5.97 Å². The fraction of sp³-hybridized carbons (Fsp3) is 0.714. The first-order valence-electron chi connectivity index (χ1n) is 7.03. The summed E-state index contributed by atoms with van der Waals surface area (Å²) in [5.41, 5.74) is 7.62. The van der Waals surface area contributed by atoms with E-state index in [9.17, 15) is 4.79 Å². The predicted octanol–water partition coefficient (Wildman–Crippen LogP) is 1.43. The van der Waals surface area contributed by atoms with Crippen LogP contribution in [0.1, 0.15) is 44.5 Å². The Morgan fingerprint density at radius 1 is 1.53 bits per heavy atom. The first-order chi connectivity index (χ1) is 9.04. The van der Waals surface area contributed by atoms with E-state index in [0.717, 1.165) is 12.8 Å². The lowest BCUT2D eigenvalue weighted by Gasteiger charge is -2.23. The van der Waals surface area contributed by atoms with Crippen molar-refractivity contribution in [2.45, 2.75) is 58.0 Å². The minimum absolute atomic E-state index is 0.330. The Morgan fingerprint density at radius 2 is 2.26 bits per heavy atom. The topological polar surface area (TPSA) is 70.1 Å². The monoisotopic (exact) mass is 265 g/mol. The number of aryl methyl sites for hydroxylation is 2. The smallest absolute Gasteiger partial charge is 0.325 e. The van der Waals surface area contributed by atoms with E-state index in [-0.39, 0.29) is 5.97 Å². The van der Waals surface area contributed by atoms with E-state index in [2.05, 4.69) is 9.55 Å². The number of hydrogen-bond donors (Lipinski definition) is 1. The molecule has 0 fully saturated rings. The second-order valence-corrected chi connectivity index (χ2v) is 5.43. The second kappa shape index (κ2) is 5.74. The van der Waals surface area contributed by atoms with Crippen LogP contribution in [0.2, 0.25) is 0 Å². The van der Waals surface area contributed by atoms with E-state index in [0.29, 0.717) is 19.6 Å². The summed E-state index contributed by atoms with van der Waals surface area (Å²) in [5.74, 6) is -0.330. The standard InChI is InChI=1S/C14H23N3O2/c1-3-19-13(18)14(2,15)8-9-17-10-16-11-6-4-5-7-12(11)17/h10H,3-9,15H2,1-2H3. The summed E-state index contributed by atoms with van der Waals surface area (Å²) in [6, 6.07) is 0. The average Bonchev–Trinajstić information content (AvgIpc) is 2.80. The number of nitrogens with zero attached hydrogens (tertiary/aromatic N) is 2. The van der Waals surface area contributed by atoms with Gasteiger partial charge in [0.1, 0.15) is 5.54 Å². The molecule has 0 spiro atoms. The molecule has 1 atom stereocenters. The summed E-state index contributed by atoms with van der Waals surface area (Å²) in [6.45, 7) is 4.61. The fourth-order valence-corrected chi connectivity index (χ4v) is 2.47. The van der Waals surface area contributed by atoms with Crippen LogP contribution < -0.4 is 5.73 Å². The maximum atomic E-state index is 11.7. The van der Waals surface area contributed by atoms with Gasteiger partial charge in [0.25, 0.3) is 0 Å². The van der Waals surface area contributed by atoms with Crippen LogP contribution in [0.25, 0.3) is 0 Å². The Kier molecular flexibility index (Phi) is 4.24. The van der Waals surface area contributed by atoms with Crippen LogP contribution in [0.15, 0.2) is 6.33 Å². The van der Waals surface area contributed by atoms with Gasteiger partial charge in [0.2, 0.25) is 0 Å². The minimum atomic E-state index is -0.929. The molecule has 0 bridgehead atoms. The maximum Gasteiger partial charge on any atom is 0.325 e. The van der Waals surface area contributed by atoms with Gasteiger partial charge in [0.05, 0.1) is 18.6 Å². The molecular formula is C14H23N3O2. The van der Waals surface area contributed by atoms with E-state index in [4.69, 9.17) is 10.5 Å². The van der Waals surface area contributed by atoms with Crippen LogP contribution in [0.5, 0.6) is 0 Å². The fourth-order valence-electron chi connectivity index (χ4n) is 2.47. The first kappa shape index (κ1) is 14.1. The van der Waals surface area contributed by atoms with Crippen LogP contribution in [-0.4, -0.2) is 27.7 Å². The van der Waals surface area contributed by atoms with Crippen molar-refractivity contribution < 1.29 is 9.53 Å². The Balaban J connectivity index is 1.98. The van der Waals surface area contributed by atoms with Crippen LogP contribution in [0.3, 0.4) is 0 Å². The van der Waals surface area contributed by atoms with Crippen molar-refractivity contribution in [2.75, 3.05) is 6.61 Å². The summed E-state index contributed by atoms with van der Waals surface area (Å²) < 4.78 is 7.14. The highest BCUT2D eigenvalue weighted by Gasteiger charge is 2.30. The maximum absolute atomic E-state index is 11.7. The highest BCUT2D eigenvalue weighted by atomic mass is 16.5. The zero-order valence-electron chi connectivity index (χ0n) is 11.8. The van der Waals surface area contributed by atoms with E-state index < -0.39 is 5.54 Å². The predicted molar refractivity (Wildman–Crippen MR) is 72.7 cm³/mol. The molecule has 0 amide bonds. The second-order valence-electron chi connectivity index (χ2n) is 5.43. The number of carbonyl (C=O) groups excluding carboxylic acids is 1. The molecule has 5 heteroatoms. The van der Waals surface area contributed by atoms with Gasteiger partial charge in [-0.25, -0.2) is 4.98 Å². The molecule has 1 heterocycles. The zero-order valence-corrected chi connectivity index (χ0v) is 11.8. The third-order valence-electron chi connectivity index (χ3n) is 3.72. The molecule has 1 aliphatic carbocycles. The lowest BCUT2D eigenvalue weighted by atomic mass is 9.98. The summed E-state index contributed by atoms with van der Waals surface area (Å²) in [5, 5.41) is 0. The lowest BCUT2D eigenvalue weighted by Crippen LogP contribution is -2.46. The number of aromatic nitrogens is 2. The molecule has 0 aromatic carbocycles. The number of esters is 1. The van der Waals surface area contributed by atoms with Crippen molar-refractivity contribution in [3.8, 4) is 0 Å². The number of fused-ring (bicyclic) bond motifs is 1. The van der Waals surface area contributed by atoms with Crippen LogP contribution in [0, 0.1) is 0 Å². The van der Waals surface area contributed by atoms with Gasteiger partial charge in [-0.15, -0.1) is 0 Å². The number of ether oxygens (including phenoxy) is 1. The van der Waals surface area contributed by atoms with Gasteiger partial charge in [-0.2, -0.15) is 0 Å². The van der Waals surface area contributed by atoms with Crippen molar-refractivity contribution in [3.05, 3.63) is 17.7 Å². The molecule has 0 aliphatic heterocycles. The Bertz CT molecular complexity index is 452. The van der Waals surface area contributed by atoms with Crippen LogP contribution in [0.4, 0.5) is 0 Å². The van der Waals surface area contributed by atoms with Gasteiger partial charge >= 0.3 is 5.97 Å². The molecule has 106 valence electrons. The van der Waals surface area contributed by atoms with Gasteiger partial charge in [-0.1, -0.05) is 0 Å². The minimum Gasteiger partial charge on any atom is -0.465 e.